The minimum atomic E-state index is -0.221. The average Bonchev–Trinajstić information content (AvgIpc) is 2.72. The fourth-order valence-corrected chi connectivity index (χ4v) is 2.62. The molecule has 1 aromatic rings. The smallest absolute Gasteiger partial charge is 0.224 e. The van der Waals surface area contributed by atoms with Gasteiger partial charge < -0.3 is 10.6 Å². The minimum absolute atomic E-state index is 0.120. The first-order chi connectivity index (χ1) is 8.61. The predicted molar refractivity (Wildman–Crippen MR) is 68.6 cm³/mol. The Hall–Kier alpha value is -1.42. The van der Waals surface area contributed by atoms with Crippen molar-refractivity contribution in [3.8, 4) is 0 Å². The number of carbonyl (C=O) groups excluding carboxylic acids is 1. The van der Waals surface area contributed by atoms with E-state index >= 15 is 0 Å². The Labute approximate surface area is 107 Å². The largest absolute Gasteiger partial charge is 0.339 e. The second kappa shape index (κ2) is 5.48. The van der Waals surface area contributed by atoms with Gasteiger partial charge in [0.2, 0.25) is 5.91 Å². The first kappa shape index (κ1) is 13.0. The van der Waals surface area contributed by atoms with Gasteiger partial charge in [0.1, 0.15) is 5.82 Å². The van der Waals surface area contributed by atoms with Crippen LogP contribution in [0.3, 0.4) is 0 Å². The maximum Gasteiger partial charge on any atom is 0.224 e. The fourth-order valence-electron chi connectivity index (χ4n) is 2.62. The van der Waals surface area contributed by atoms with Crippen LogP contribution in [-0.4, -0.2) is 29.9 Å². The molecule has 4 heteroatoms. The van der Waals surface area contributed by atoms with Crippen LogP contribution in [0.2, 0.25) is 0 Å². The molecule has 1 saturated heterocycles. The van der Waals surface area contributed by atoms with Crippen LogP contribution in [0.4, 0.5) is 4.39 Å². The van der Waals surface area contributed by atoms with E-state index in [1.807, 2.05) is 17.0 Å². The van der Waals surface area contributed by atoms with Gasteiger partial charge in [-0.1, -0.05) is 12.1 Å². The van der Waals surface area contributed by atoms with E-state index in [2.05, 4.69) is 6.92 Å². The predicted octanol–water partition coefficient (Wildman–Crippen LogP) is 1.88. The van der Waals surface area contributed by atoms with Crippen molar-refractivity contribution < 1.29 is 9.18 Å². The zero-order chi connectivity index (χ0) is 13.1. The van der Waals surface area contributed by atoms with Crippen LogP contribution in [0.1, 0.15) is 31.2 Å². The Morgan fingerprint density at radius 3 is 2.72 bits per heavy atom. The van der Waals surface area contributed by atoms with Crippen LogP contribution < -0.4 is 5.73 Å². The molecule has 0 aliphatic carbocycles. The Kier molecular flexibility index (Phi) is 3.97. The molecule has 0 saturated carbocycles. The molecule has 0 aromatic heterocycles. The van der Waals surface area contributed by atoms with Crippen LogP contribution in [0.5, 0.6) is 0 Å². The Morgan fingerprint density at radius 2 is 2.11 bits per heavy atom. The summed E-state index contributed by atoms with van der Waals surface area (Å²) in [6.07, 6.45) is 1.34. The van der Waals surface area contributed by atoms with Crippen molar-refractivity contribution >= 4 is 5.91 Å². The molecule has 18 heavy (non-hydrogen) atoms. The summed E-state index contributed by atoms with van der Waals surface area (Å²) in [5.41, 5.74) is 6.52. The van der Waals surface area contributed by atoms with Gasteiger partial charge in [-0.3, -0.25) is 4.79 Å². The summed E-state index contributed by atoms with van der Waals surface area (Å²) < 4.78 is 12.9. The van der Waals surface area contributed by atoms with Crippen molar-refractivity contribution in [2.45, 2.75) is 31.7 Å². The van der Waals surface area contributed by atoms with E-state index in [9.17, 15) is 9.18 Å². The summed E-state index contributed by atoms with van der Waals surface area (Å²) in [5.74, 6) is 0.206. The lowest BCUT2D eigenvalue weighted by molar-refractivity contribution is -0.131. The maximum atomic E-state index is 12.9. The van der Waals surface area contributed by atoms with E-state index in [0.717, 1.165) is 12.0 Å². The van der Waals surface area contributed by atoms with Gasteiger partial charge in [0.15, 0.2) is 0 Å². The first-order valence-corrected chi connectivity index (χ1v) is 6.37. The van der Waals surface area contributed by atoms with E-state index in [1.165, 1.54) is 12.1 Å². The first-order valence-electron chi connectivity index (χ1n) is 6.37. The van der Waals surface area contributed by atoms with E-state index in [0.29, 0.717) is 25.4 Å². The highest BCUT2D eigenvalue weighted by atomic mass is 19.1. The molecule has 1 fully saturated rings. The summed E-state index contributed by atoms with van der Waals surface area (Å²) in [4.78, 5) is 13.8. The molecule has 1 heterocycles. The summed E-state index contributed by atoms with van der Waals surface area (Å²) in [5, 5.41) is 0. The molecule has 2 rings (SSSR count). The van der Waals surface area contributed by atoms with Crippen molar-refractivity contribution in [2.24, 2.45) is 5.73 Å². The third-order valence-electron chi connectivity index (χ3n) is 3.59. The van der Waals surface area contributed by atoms with Crippen LogP contribution in [-0.2, 0) is 4.79 Å². The van der Waals surface area contributed by atoms with Gasteiger partial charge in [-0.2, -0.15) is 0 Å². The van der Waals surface area contributed by atoms with E-state index in [-0.39, 0.29) is 17.8 Å². The van der Waals surface area contributed by atoms with Crippen molar-refractivity contribution in [1.29, 1.82) is 0 Å². The zero-order valence-electron chi connectivity index (χ0n) is 10.6. The number of nitrogens with zero attached hydrogens (tertiary/aromatic N) is 1. The Morgan fingerprint density at radius 1 is 1.44 bits per heavy atom. The molecule has 1 amide bonds. The number of rotatable bonds is 3. The number of hydrogen-bond acceptors (Lipinski definition) is 2. The zero-order valence-corrected chi connectivity index (χ0v) is 10.6. The van der Waals surface area contributed by atoms with E-state index in [4.69, 9.17) is 5.73 Å². The van der Waals surface area contributed by atoms with Crippen molar-refractivity contribution in [1.82, 2.24) is 4.90 Å². The number of carbonyl (C=O) groups is 1. The summed E-state index contributed by atoms with van der Waals surface area (Å²) in [6.45, 7) is 3.16. The van der Waals surface area contributed by atoms with Crippen molar-refractivity contribution in [2.75, 3.05) is 13.1 Å². The van der Waals surface area contributed by atoms with Gasteiger partial charge in [0.05, 0.1) is 0 Å². The minimum Gasteiger partial charge on any atom is -0.339 e. The second-order valence-electron chi connectivity index (χ2n) is 4.92. The quantitative estimate of drug-likeness (QED) is 0.890. The van der Waals surface area contributed by atoms with Crippen LogP contribution >= 0.6 is 0 Å². The van der Waals surface area contributed by atoms with Crippen molar-refractivity contribution in [3.63, 3.8) is 0 Å². The summed E-state index contributed by atoms with van der Waals surface area (Å²) in [6, 6.07) is 6.81. The molecular weight excluding hydrogens is 231 g/mol. The molecule has 0 spiro atoms. The second-order valence-corrected chi connectivity index (χ2v) is 4.92. The molecule has 2 N–H and O–H groups in total. The van der Waals surface area contributed by atoms with Gasteiger partial charge in [-0.25, -0.2) is 4.39 Å². The Bertz CT molecular complexity index is 418. The van der Waals surface area contributed by atoms with Gasteiger partial charge in [0.25, 0.3) is 0 Å². The highest BCUT2D eigenvalue weighted by Crippen LogP contribution is 2.31. The molecule has 1 aliphatic heterocycles. The van der Waals surface area contributed by atoms with Crippen LogP contribution in [0, 0.1) is 5.82 Å². The SMILES string of the molecule is C[C@@H]1C[C@H](c2ccc(F)cc2)CN1C(=O)CCN. The van der Waals surface area contributed by atoms with Gasteiger partial charge >= 0.3 is 0 Å². The lowest BCUT2D eigenvalue weighted by Crippen LogP contribution is -2.35. The summed E-state index contributed by atoms with van der Waals surface area (Å²) >= 11 is 0. The van der Waals surface area contributed by atoms with Gasteiger partial charge in [-0.15, -0.1) is 0 Å². The topological polar surface area (TPSA) is 46.3 Å². The lowest BCUT2D eigenvalue weighted by Gasteiger charge is -2.21. The highest BCUT2D eigenvalue weighted by molar-refractivity contribution is 5.77. The monoisotopic (exact) mass is 250 g/mol. The van der Waals surface area contributed by atoms with Gasteiger partial charge in [-0.05, 0) is 31.0 Å². The molecule has 1 aromatic carbocycles. The fraction of sp³-hybridized carbons (Fsp3) is 0.500. The molecule has 98 valence electrons. The summed E-state index contributed by atoms with van der Waals surface area (Å²) in [7, 11) is 0. The number of benzene rings is 1. The maximum absolute atomic E-state index is 12.9. The molecule has 3 nitrogen and oxygen atoms in total. The number of amides is 1. The number of hydrogen-bond donors (Lipinski definition) is 1. The third kappa shape index (κ3) is 2.70. The van der Waals surface area contributed by atoms with Crippen molar-refractivity contribution in [3.05, 3.63) is 35.6 Å². The third-order valence-corrected chi connectivity index (χ3v) is 3.59. The van der Waals surface area contributed by atoms with E-state index in [1.54, 1.807) is 0 Å². The molecule has 2 atom stereocenters. The Balaban J connectivity index is 2.06. The molecule has 1 aliphatic rings. The molecular formula is C14H19FN2O. The van der Waals surface area contributed by atoms with Crippen LogP contribution in [0.25, 0.3) is 0 Å². The highest BCUT2D eigenvalue weighted by Gasteiger charge is 2.32. The molecule has 0 bridgehead atoms. The van der Waals surface area contributed by atoms with E-state index < -0.39 is 0 Å². The van der Waals surface area contributed by atoms with Crippen LogP contribution in [0.15, 0.2) is 24.3 Å². The number of nitrogens with two attached hydrogens (primary N) is 1. The average molecular weight is 250 g/mol. The standard InChI is InChI=1S/C14H19FN2O/c1-10-8-12(9-17(10)14(18)6-7-16)11-2-4-13(15)5-3-11/h2-5,10,12H,6-9,16H2,1H3/t10-,12+/m1/s1. The lowest BCUT2D eigenvalue weighted by atomic mass is 9.97. The number of halogens is 1. The normalized spacial score (nSPS) is 23.4. The molecule has 0 unspecified atom stereocenters. The molecule has 0 radical (unpaired) electrons. The number of likely N-dealkylation sites (tertiary alicyclic amines) is 1. The van der Waals surface area contributed by atoms with Gasteiger partial charge in [0, 0.05) is 31.5 Å².